The largest absolute Gasteiger partial charge is 0.463 e. The highest BCUT2D eigenvalue weighted by atomic mass is 16.5. The Morgan fingerprint density at radius 2 is 2.17 bits per heavy atom. The number of nitrogens with one attached hydrogen (secondary N) is 1. The third kappa shape index (κ3) is 5.61. The van der Waals surface area contributed by atoms with E-state index in [9.17, 15) is 9.90 Å². The normalized spacial score (nSPS) is 12.6. The molecule has 0 aliphatic rings. The molecule has 0 saturated heterocycles. The summed E-state index contributed by atoms with van der Waals surface area (Å²) in [5, 5.41) is 12.3. The lowest BCUT2D eigenvalue weighted by Gasteiger charge is -2.11. The number of benzene rings is 1. The molecule has 0 heterocycles. The molecule has 0 radical (unpaired) electrons. The van der Waals surface area contributed by atoms with Crippen LogP contribution in [-0.2, 0) is 16.1 Å². The number of hydrogen-bond donors (Lipinski definition) is 2. The Balaban J connectivity index is 2.40. The van der Waals surface area contributed by atoms with E-state index in [4.69, 9.17) is 4.74 Å². The monoisotopic (exact) mass is 249 g/mol. The van der Waals surface area contributed by atoms with Gasteiger partial charge in [0.25, 0.3) is 0 Å². The van der Waals surface area contributed by atoms with Gasteiger partial charge in [-0.05, 0) is 12.5 Å². The van der Waals surface area contributed by atoms with Crippen LogP contribution >= 0.6 is 0 Å². The van der Waals surface area contributed by atoms with Crippen LogP contribution in [0.5, 0.6) is 0 Å². The smallest absolute Gasteiger partial charge is 0.330 e. The molecular weight excluding hydrogens is 230 g/mol. The Bertz CT molecular complexity index is 376. The first-order chi connectivity index (χ1) is 8.76. The minimum Gasteiger partial charge on any atom is -0.463 e. The molecule has 1 rings (SSSR count). The van der Waals surface area contributed by atoms with Crippen LogP contribution in [0.3, 0.4) is 0 Å². The molecular formula is C14H19NO3. The SMILES string of the molecule is CCOC(=O)/C=C/[C@H](CO)NCc1ccccc1. The Morgan fingerprint density at radius 3 is 2.78 bits per heavy atom. The Kier molecular flexibility index (Phi) is 6.76. The molecule has 0 spiro atoms. The Labute approximate surface area is 107 Å². The lowest BCUT2D eigenvalue weighted by molar-refractivity contribution is -0.137. The number of carbonyl (C=O) groups excluding carboxylic acids is 1. The average molecular weight is 249 g/mol. The first kappa shape index (κ1) is 14.4. The maximum absolute atomic E-state index is 11.1. The molecule has 2 N–H and O–H groups in total. The molecule has 0 aliphatic heterocycles. The zero-order valence-electron chi connectivity index (χ0n) is 10.5. The van der Waals surface area contributed by atoms with Crippen molar-refractivity contribution in [2.45, 2.75) is 19.5 Å². The van der Waals surface area contributed by atoms with Gasteiger partial charge in [-0.25, -0.2) is 4.79 Å². The predicted octanol–water partition coefficient (Wildman–Crippen LogP) is 1.26. The van der Waals surface area contributed by atoms with E-state index in [1.165, 1.54) is 6.08 Å². The van der Waals surface area contributed by atoms with E-state index >= 15 is 0 Å². The molecule has 98 valence electrons. The first-order valence-electron chi connectivity index (χ1n) is 5.99. The van der Waals surface area contributed by atoms with Crippen molar-refractivity contribution in [3.05, 3.63) is 48.0 Å². The van der Waals surface area contributed by atoms with E-state index < -0.39 is 5.97 Å². The van der Waals surface area contributed by atoms with Crippen molar-refractivity contribution in [3.8, 4) is 0 Å². The number of hydrogen-bond acceptors (Lipinski definition) is 4. The van der Waals surface area contributed by atoms with Crippen LogP contribution in [0, 0.1) is 0 Å². The molecule has 0 unspecified atom stereocenters. The van der Waals surface area contributed by atoms with Crippen LogP contribution in [0.2, 0.25) is 0 Å². The van der Waals surface area contributed by atoms with Crippen LogP contribution in [0.1, 0.15) is 12.5 Å². The van der Waals surface area contributed by atoms with Crippen LogP contribution in [-0.4, -0.2) is 30.3 Å². The predicted molar refractivity (Wildman–Crippen MR) is 69.9 cm³/mol. The first-order valence-corrected chi connectivity index (χ1v) is 5.99. The van der Waals surface area contributed by atoms with Crippen molar-refractivity contribution in [1.29, 1.82) is 0 Å². The van der Waals surface area contributed by atoms with Gasteiger partial charge in [0.1, 0.15) is 0 Å². The second-order valence-corrected chi connectivity index (χ2v) is 3.77. The molecule has 1 atom stereocenters. The number of aliphatic hydroxyl groups excluding tert-OH is 1. The van der Waals surface area contributed by atoms with Gasteiger partial charge in [0, 0.05) is 18.7 Å². The second kappa shape index (κ2) is 8.44. The van der Waals surface area contributed by atoms with Gasteiger partial charge in [-0.1, -0.05) is 36.4 Å². The van der Waals surface area contributed by atoms with Crippen molar-refractivity contribution in [2.24, 2.45) is 0 Å². The number of carbonyl (C=O) groups is 1. The fourth-order valence-electron chi connectivity index (χ4n) is 1.42. The van der Waals surface area contributed by atoms with Crippen molar-refractivity contribution in [2.75, 3.05) is 13.2 Å². The average Bonchev–Trinajstić information content (AvgIpc) is 2.40. The van der Waals surface area contributed by atoms with Gasteiger partial charge in [-0.15, -0.1) is 0 Å². The zero-order valence-corrected chi connectivity index (χ0v) is 10.5. The van der Waals surface area contributed by atoms with Gasteiger partial charge in [-0.3, -0.25) is 0 Å². The fourth-order valence-corrected chi connectivity index (χ4v) is 1.42. The van der Waals surface area contributed by atoms with E-state index in [2.05, 4.69) is 5.32 Å². The number of aliphatic hydroxyl groups is 1. The highest BCUT2D eigenvalue weighted by molar-refractivity contribution is 5.81. The topological polar surface area (TPSA) is 58.6 Å². The van der Waals surface area contributed by atoms with Gasteiger partial charge < -0.3 is 15.2 Å². The lowest BCUT2D eigenvalue weighted by Crippen LogP contribution is -2.30. The van der Waals surface area contributed by atoms with Gasteiger partial charge in [0.2, 0.25) is 0 Å². The van der Waals surface area contributed by atoms with E-state index in [0.29, 0.717) is 13.2 Å². The highest BCUT2D eigenvalue weighted by Crippen LogP contribution is 1.98. The third-order valence-electron chi connectivity index (χ3n) is 2.36. The van der Waals surface area contributed by atoms with Gasteiger partial charge in [-0.2, -0.15) is 0 Å². The van der Waals surface area contributed by atoms with Gasteiger partial charge >= 0.3 is 5.97 Å². The van der Waals surface area contributed by atoms with E-state index in [1.807, 2.05) is 30.3 Å². The molecule has 0 fully saturated rings. The highest BCUT2D eigenvalue weighted by Gasteiger charge is 2.03. The number of ether oxygens (including phenoxy) is 1. The zero-order chi connectivity index (χ0) is 13.2. The minimum atomic E-state index is -0.391. The Hall–Kier alpha value is -1.65. The molecule has 18 heavy (non-hydrogen) atoms. The van der Waals surface area contributed by atoms with Crippen LogP contribution in [0.4, 0.5) is 0 Å². The van der Waals surface area contributed by atoms with Crippen LogP contribution in [0.25, 0.3) is 0 Å². The molecule has 0 bridgehead atoms. The van der Waals surface area contributed by atoms with Crippen molar-refractivity contribution < 1.29 is 14.6 Å². The van der Waals surface area contributed by atoms with Crippen molar-refractivity contribution in [1.82, 2.24) is 5.32 Å². The van der Waals surface area contributed by atoms with Crippen molar-refractivity contribution in [3.63, 3.8) is 0 Å². The van der Waals surface area contributed by atoms with Crippen LogP contribution in [0.15, 0.2) is 42.5 Å². The molecule has 0 aliphatic carbocycles. The minimum absolute atomic E-state index is 0.0667. The van der Waals surface area contributed by atoms with Crippen molar-refractivity contribution >= 4 is 5.97 Å². The summed E-state index contributed by atoms with van der Waals surface area (Å²) in [5.74, 6) is -0.391. The molecule has 1 aromatic carbocycles. The molecule has 4 nitrogen and oxygen atoms in total. The Morgan fingerprint density at radius 1 is 1.44 bits per heavy atom. The van der Waals surface area contributed by atoms with Gasteiger partial charge in [0.05, 0.1) is 13.2 Å². The molecule has 0 aromatic heterocycles. The summed E-state index contributed by atoms with van der Waals surface area (Å²) in [4.78, 5) is 11.1. The number of esters is 1. The summed E-state index contributed by atoms with van der Waals surface area (Å²) in [6.07, 6.45) is 2.95. The summed E-state index contributed by atoms with van der Waals surface area (Å²) in [5.41, 5.74) is 1.13. The lowest BCUT2D eigenvalue weighted by atomic mass is 10.2. The second-order valence-electron chi connectivity index (χ2n) is 3.77. The molecule has 4 heteroatoms. The number of rotatable bonds is 7. The quantitative estimate of drug-likeness (QED) is 0.564. The van der Waals surface area contributed by atoms with E-state index in [1.54, 1.807) is 13.0 Å². The summed E-state index contributed by atoms with van der Waals surface area (Å²) < 4.78 is 4.76. The standard InChI is InChI=1S/C14H19NO3/c1-2-18-14(17)9-8-13(11-16)15-10-12-6-4-3-5-7-12/h3-9,13,15-16H,2,10-11H2,1H3/b9-8+/t13-/m1/s1. The molecule has 0 amide bonds. The summed E-state index contributed by atoms with van der Waals surface area (Å²) in [7, 11) is 0. The maximum atomic E-state index is 11.1. The summed E-state index contributed by atoms with van der Waals surface area (Å²) >= 11 is 0. The van der Waals surface area contributed by atoms with E-state index in [0.717, 1.165) is 5.56 Å². The molecule has 1 aromatic rings. The van der Waals surface area contributed by atoms with Crippen LogP contribution < -0.4 is 5.32 Å². The summed E-state index contributed by atoms with van der Waals surface area (Å²) in [6, 6.07) is 9.61. The third-order valence-corrected chi connectivity index (χ3v) is 2.36. The maximum Gasteiger partial charge on any atom is 0.330 e. The summed E-state index contributed by atoms with van der Waals surface area (Å²) in [6.45, 7) is 2.68. The molecule has 0 saturated carbocycles. The fraction of sp³-hybridized carbons (Fsp3) is 0.357. The van der Waals surface area contributed by atoms with Gasteiger partial charge in [0.15, 0.2) is 0 Å². The van der Waals surface area contributed by atoms with E-state index in [-0.39, 0.29) is 12.6 Å².